The topological polar surface area (TPSA) is 44.2 Å². The van der Waals surface area contributed by atoms with Crippen molar-refractivity contribution in [1.82, 2.24) is 9.97 Å². The van der Waals surface area contributed by atoms with E-state index in [1.165, 1.54) is 49.7 Å². The van der Waals surface area contributed by atoms with Gasteiger partial charge in [0.05, 0.1) is 24.6 Å². The highest BCUT2D eigenvalue weighted by Gasteiger charge is 2.19. The molecule has 0 saturated heterocycles. The zero-order valence-electron chi connectivity index (χ0n) is 17.5. The first kappa shape index (κ1) is 20.6. The Morgan fingerprint density at radius 3 is 1.64 bits per heavy atom. The molecule has 0 radical (unpaired) electrons. The van der Waals surface area contributed by atoms with E-state index in [1.807, 2.05) is 12.1 Å². The number of pyridine rings is 2. The maximum atomic E-state index is 5.88. The summed E-state index contributed by atoms with van der Waals surface area (Å²) >= 11 is 0. The van der Waals surface area contributed by atoms with Crippen LogP contribution in [0.3, 0.4) is 0 Å². The van der Waals surface area contributed by atoms with Gasteiger partial charge in [-0.05, 0) is 37.8 Å². The van der Waals surface area contributed by atoms with E-state index >= 15 is 0 Å². The number of unbranched alkanes of at least 4 members (excludes halogenated alkanes) is 6. The van der Waals surface area contributed by atoms with Crippen molar-refractivity contribution >= 4 is 0 Å². The fourth-order valence-electron chi connectivity index (χ4n) is 3.64. The first-order chi connectivity index (χ1) is 13.8. The van der Waals surface area contributed by atoms with E-state index in [0.29, 0.717) is 0 Å². The Morgan fingerprint density at radius 2 is 1.11 bits per heavy atom. The van der Waals surface area contributed by atoms with E-state index in [4.69, 9.17) is 19.4 Å². The van der Waals surface area contributed by atoms with Gasteiger partial charge in [0.15, 0.2) is 0 Å². The fourth-order valence-corrected chi connectivity index (χ4v) is 3.64. The SMILES string of the molecule is CCCCCCCOc1ccc2c(n1)CCc1nc(OCCCCC)ccc1-2. The highest BCUT2D eigenvalue weighted by Crippen LogP contribution is 2.34. The van der Waals surface area contributed by atoms with Crippen molar-refractivity contribution in [2.24, 2.45) is 0 Å². The molecule has 1 aliphatic rings. The van der Waals surface area contributed by atoms with Crippen LogP contribution in [0.15, 0.2) is 24.3 Å². The van der Waals surface area contributed by atoms with Gasteiger partial charge in [-0.3, -0.25) is 0 Å². The molecule has 2 aromatic rings. The monoisotopic (exact) mass is 382 g/mol. The zero-order chi connectivity index (χ0) is 19.6. The summed E-state index contributed by atoms with van der Waals surface area (Å²) in [7, 11) is 0. The van der Waals surface area contributed by atoms with Crippen LogP contribution in [0.25, 0.3) is 11.1 Å². The Morgan fingerprint density at radius 1 is 0.643 bits per heavy atom. The quantitative estimate of drug-likeness (QED) is 0.412. The molecule has 0 fully saturated rings. The van der Waals surface area contributed by atoms with Crippen molar-refractivity contribution in [2.75, 3.05) is 13.2 Å². The molecule has 2 heterocycles. The number of hydrogen-bond donors (Lipinski definition) is 0. The average molecular weight is 383 g/mol. The molecule has 4 nitrogen and oxygen atoms in total. The molecule has 1 aliphatic carbocycles. The second kappa shape index (κ2) is 11.0. The van der Waals surface area contributed by atoms with Crippen molar-refractivity contribution in [2.45, 2.75) is 78.1 Å². The van der Waals surface area contributed by atoms with Crippen LogP contribution in [0.5, 0.6) is 11.8 Å². The van der Waals surface area contributed by atoms with Crippen LogP contribution >= 0.6 is 0 Å². The van der Waals surface area contributed by atoms with Gasteiger partial charge < -0.3 is 9.47 Å². The lowest BCUT2D eigenvalue weighted by molar-refractivity contribution is 0.292. The summed E-state index contributed by atoms with van der Waals surface area (Å²) in [5.74, 6) is 1.50. The van der Waals surface area contributed by atoms with Gasteiger partial charge in [-0.25, -0.2) is 9.97 Å². The third-order valence-electron chi connectivity index (χ3n) is 5.28. The standard InChI is InChI=1S/C24H34N2O2/c1-3-5-7-8-10-18-28-24-16-12-20-19-11-15-23(27-17-9-6-4-2)25-21(19)13-14-22(20)26-24/h11-12,15-16H,3-10,13-14,17-18H2,1-2H3. The van der Waals surface area contributed by atoms with Crippen LogP contribution in [0.2, 0.25) is 0 Å². The second-order valence-electron chi connectivity index (χ2n) is 7.61. The first-order valence-corrected chi connectivity index (χ1v) is 11.1. The molecule has 0 saturated carbocycles. The molecule has 0 spiro atoms. The molecule has 0 bridgehead atoms. The summed E-state index contributed by atoms with van der Waals surface area (Å²) < 4.78 is 11.7. The Balaban J connectivity index is 1.58. The van der Waals surface area contributed by atoms with E-state index < -0.39 is 0 Å². The molecule has 0 aromatic carbocycles. The van der Waals surface area contributed by atoms with Crippen molar-refractivity contribution < 1.29 is 9.47 Å². The molecule has 152 valence electrons. The number of aryl methyl sites for hydroxylation is 2. The van der Waals surface area contributed by atoms with Crippen LogP contribution in [-0.4, -0.2) is 23.2 Å². The van der Waals surface area contributed by atoms with Gasteiger partial charge in [-0.15, -0.1) is 0 Å². The molecule has 0 unspecified atom stereocenters. The molecule has 28 heavy (non-hydrogen) atoms. The average Bonchev–Trinajstić information content (AvgIpc) is 2.73. The zero-order valence-corrected chi connectivity index (χ0v) is 17.5. The summed E-state index contributed by atoms with van der Waals surface area (Å²) in [5, 5.41) is 0. The van der Waals surface area contributed by atoms with Crippen LogP contribution in [0, 0.1) is 0 Å². The molecule has 0 N–H and O–H groups in total. The van der Waals surface area contributed by atoms with Gasteiger partial charge in [0.25, 0.3) is 0 Å². The van der Waals surface area contributed by atoms with Gasteiger partial charge >= 0.3 is 0 Å². The van der Waals surface area contributed by atoms with E-state index in [-0.39, 0.29) is 0 Å². The minimum Gasteiger partial charge on any atom is -0.478 e. The highest BCUT2D eigenvalue weighted by atomic mass is 16.5. The molecule has 3 rings (SSSR count). The van der Waals surface area contributed by atoms with Gasteiger partial charge in [0.1, 0.15) is 0 Å². The highest BCUT2D eigenvalue weighted by molar-refractivity contribution is 5.71. The summed E-state index contributed by atoms with van der Waals surface area (Å²) in [6.07, 6.45) is 11.5. The minimum absolute atomic E-state index is 0.745. The van der Waals surface area contributed by atoms with E-state index in [0.717, 1.165) is 62.0 Å². The predicted molar refractivity (Wildman–Crippen MR) is 114 cm³/mol. The Hall–Kier alpha value is -2.10. The first-order valence-electron chi connectivity index (χ1n) is 11.1. The summed E-state index contributed by atoms with van der Waals surface area (Å²) in [4.78, 5) is 9.49. The Bertz CT molecular complexity index is 745. The van der Waals surface area contributed by atoms with E-state index in [2.05, 4.69) is 26.0 Å². The summed E-state index contributed by atoms with van der Waals surface area (Å²) in [6.45, 7) is 5.94. The van der Waals surface area contributed by atoms with Gasteiger partial charge in [-0.2, -0.15) is 0 Å². The lowest BCUT2D eigenvalue weighted by Crippen LogP contribution is -2.10. The van der Waals surface area contributed by atoms with Crippen molar-refractivity contribution in [3.63, 3.8) is 0 Å². The van der Waals surface area contributed by atoms with Crippen LogP contribution in [0.1, 0.15) is 76.6 Å². The third kappa shape index (κ3) is 5.70. The van der Waals surface area contributed by atoms with E-state index in [1.54, 1.807) is 0 Å². The fraction of sp³-hybridized carbons (Fsp3) is 0.583. The van der Waals surface area contributed by atoms with Crippen LogP contribution in [0.4, 0.5) is 0 Å². The summed E-state index contributed by atoms with van der Waals surface area (Å²) in [6, 6.07) is 8.25. The maximum Gasteiger partial charge on any atom is 0.213 e. The van der Waals surface area contributed by atoms with E-state index in [9.17, 15) is 0 Å². The number of fused-ring (bicyclic) bond motifs is 3. The lowest BCUT2D eigenvalue weighted by atomic mass is 9.92. The number of ether oxygens (including phenoxy) is 2. The van der Waals surface area contributed by atoms with Crippen molar-refractivity contribution in [1.29, 1.82) is 0 Å². The van der Waals surface area contributed by atoms with Gasteiger partial charge in [0.2, 0.25) is 11.8 Å². The molecule has 0 aliphatic heterocycles. The molecule has 2 aromatic heterocycles. The molecule has 0 amide bonds. The largest absolute Gasteiger partial charge is 0.478 e. The van der Waals surface area contributed by atoms with Crippen LogP contribution < -0.4 is 9.47 Å². The van der Waals surface area contributed by atoms with Crippen molar-refractivity contribution in [3.05, 3.63) is 35.7 Å². The molecular formula is C24H34N2O2. The summed E-state index contributed by atoms with van der Waals surface area (Å²) in [5.41, 5.74) is 4.60. The number of nitrogens with zero attached hydrogens (tertiary/aromatic N) is 2. The number of rotatable bonds is 12. The lowest BCUT2D eigenvalue weighted by Gasteiger charge is -2.19. The molecular weight excluding hydrogens is 348 g/mol. The minimum atomic E-state index is 0.745. The smallest absolute Gasteiger partial charge is 0.213 e. The van der Waals surface area contributed by atoms with Crippen LogP contribution in [-0.2, 0) is 12.8 Å². The molecule has 4 heteroatoms. The number of aromatic nitrogens is 2. The normalized spacial score (nSPS) is 12.4. The van der Waals surface area contributed by atoms with Crippen molar-refractivity contribution in [3.8, 4) is 22.9 Å². The second-order valence-corrected chi connectivity index (χ2v) is 7.61. The predicted octanol–water partition coefficient (Wildman–Crippen LogP) is 6.16. The Labute approximate surface area is 169 Å². The molecule has 0 atom stereocenters. The van der Waals surface area contributed by atoms with Gasteiger partial charge in [0, 0.05) is 23.3 Å². The van der Waals surface area contributed by atoms with Gasteiger partial charge in [-0.1, -0.05) is 52.4 Å². The Kier molecular flexibility index (Phi) is 8.13. The maximum absolute atomic E-state index is 5.88. The third-order valence-corrected chi connectivity index (χ3v) is 5.28. The number of hydrogen-bond acceptors (Lipinski definition) is 4.